The van der Waals surface area contributed by atoms with Gasteiger partial charge < -0.3 is 15.0 Å². The van der Waals surface area contributed by atoms with Crippen LogP contribution in [0.3, 0.4) is 0 Å². The Morgan fingerprint density at radius 2 is 2.30 bits per heavy atom. The molecule has 114 valence electrons. The van der Waals surface area contributed by atoms with Crippen molar-refractivity contribution in [1.29, 1.82) is 0 Å². The molecular weight excluding hydrogens is 270 g/mol. The summed E-state index contributed by atoms with van der Waals surface area (Å²) in [5.41, 5.74) is 1.25. The molecular formula is C15H27N3OS. The highest BCUT2D eigenvalue weighted by Crippen LogP contribution is 2.31. The molecule has 1 aromatic rings. The zero-order chi connectivity index (χ0) is 14.5. The van der Waals surface area contributed by atoms with E-state index in [0.717, 1.165) is 39.2 Å². The van der Waals surface area contributed by atoms with Gasteiger partial charge in [0.15, 0.2) is 5.13 Å². The highest BCUT2D eigenvalue weighted by atomic mass is 32.1. The molecule has 2 heterocycles. The Hall–Kier alpha value is -0.650. The van der Waals surface area contributed by atoms with Crippen LogP contribution >= 0.6 is 11.3 Å². The fourth-order valence-corrected chi connectivity index (χ4v) is 3.69. The maximum atomic E-state index is 5.73. The Bertz CT molecular complexity index is 419. The summed E-state index contributed by atoms with van der Waals surface area (Å²) in [5, 5.41) is 4.59. The molecule has 1 aliphatic heterocycles. The third-order valence-corrected chi connectivity index (χ3v) is 4.65. The summed E-state index contributed by atoms with van der Waals surface area (Å²) in [7, 11) is 0. The summed E-state index contributed by atoms with van der Waals surface area (Å²) < 4.78 is 5.73. The van der Waals surface area contributed by atoms with Gasteiger partial charge in [0.25, 0.3) is 0 Å². The Morgan fingerprint density at radius 3 is 3.00 bits per heavy atom. The monoisotopic (exact) mass is 297 g/mol. The Morgan fingerprint density at radius 1 is 1.50 bits per heavy atom. The maximum absolute atomic E-state index is 5.73. The largest absolute Gasteiger partial charge is 0.377 e. The number of nitrogens with one attached hydrogen (secondary N) is 1. The molecule has 0 bridgehead atoms. The van der Waals surface area contributed by atoms with Crippen LogP contribution in [0.5, 0.6) is 0 Å². The molecule has 4 nitrogen and oxygen atoms in total. The Labute approximate surface area is 126 Å². The molecule has 1 saturated heterocycles. The predicted octanol–water partition coefficient (Wildman–Crippen LogP) is 2.99. The van der Waals surface area contributed by atoms with Gasteiger partial charge in [0.2, 0.25) is 0 Å². The number of hydrogen-bond donors (Lipinski definition) is 1. The predicted molar refractivity (Wildman–Crippen MR) is 85.8 cm³/mol. The van der Waals surface area contributed by atoms with E-state index in [1.54, 1.807) is 0 Å². The highest BCUT2D eigenvalue weighted by Gasteiger charge is 2.21. The third-order valence-electron chi connectivity index (χ3n) is 3.52. The summed E-state index contributed by atoms with van der Waals surface area (Å²) >= 11 is 1.84. The number of nitrogens with zero attached hydrogens (tertiary/aromatic N) is 2. The molecule has 1 aromatic heterocycles. The maximum Gasteiger partial charge on any atom is 0.185 e. The molecule has 1 aliphatic rings. The van der Waals surface area contributed by atoms with Crippen LogP contribution in [0.25, 0.3) is 0 Å². The number of anilines is 1. The average Bonchev–Trinajstić information content (AvgIpc) is 2.72. The third kappa shape index (κ3) is 3.93. The Balaban J connectivity index is 2.18. The molecule has 1 fully saturated rings. The minimum absolute atomic E-state index is 0.293. The highest BCUT2D eigenvalue weighted by molar-refractivity contribution is 7.15. The van der Waals surface area contributed by atoms with Crippen LogP contribution < -0.4 is 10.2 Å². The molecule has 1 atom stereocenters. The zero-order valence-electron chi connectivity index (χ0n) is 13.1. The second-order valence-electron chi connectivity index (χ2n) is 5.72. The fourth-order valence-electron chi connectivity index (χ4n) is 2.47. The van der Waals surface area contributed by atoms with Crippen molar-refractivity contribution in [3.05, 3.63) is 10.6 Å². The summed E-state index contributed by atoms with van der Waals surface area (Å²) in [6, 6.07) is 0. The van der Waals surface area contributed by atoms with E-state index in [1.165, 1.54) is 15.7 Å². The minimum atomic E-state index is 0.293. The minimum Gasteiger partial charge on any atom is -0.377 e. The number of aromatic nitrogens is 1. The van der Waals surface area contributed by atoms with E-state index < -0.39 is 0 Å². The number of rotatable bonds is 5. The average molecular weight is 297 g/mol. The van der Waals surface area contributed by atoms with Crippen LogP contribution in [0.4, 0.5) is 5.13 Å². The lowest BCUT2D eigenvalue weighted by molar-refractivity contribution is 0.0821. The number of thiazole rings is 1. The van der Waals surface area contributed by atoms with Gasteiger partial charge in [-0.15, -0.1) is 11.3 Å². The first-order valence-electron chi connectivity index (χ1n) is 7.68. The molecule has 1 unspecified atom stereocenters. The molecule has 0 aliphatic carbocycles. The van der Waals surface area contributed by atoms with Crippen LogP contribution in [0.2, 0.25) is 0 Å². The van der Waals surface area contributed by atoms with Crippen molar-refractivity contribution < 1.29 is 4.74 Å². The van der Waals surface area contributed by atoms with Gasteiger partial charge in [-0.3, -0.25) is 0 Å². The van der Waals surface area contributed by atoms with Crippen LogP contribution in [0, 0.1) is 0 Å². The molecule has 0 radical (unpaired) electrons. The summed E-state index contributed by atoms with van der Waals surface area (Å²) in [5.74, 6) is 0.481. The van der Waals surface area contributed by atoms with Crippen LogP contribution in [-0.4, -0.2) is 37.3 Å². The van der Waals surface area contributed by atoms with Crippen LogP contribution in [0.1, 0.15) is 50.6 Å². The first kappa shape index (κ1) is 15.7. The first-order chi connectivity index (χ1) is 9.61. The SMILES string of the molecule is CCNCc1sc(N2CCCOC(C)C2)nc1C(C)C. The lowest BCUT2D eigenvalue weighted by Crippen LogP contribution is -2.29. The molecule has 1 N–H and O–H groups in total. The summed E-state index contributed by atoms with van der Waals surface area (Å²) in [4.78, 5) is 8.69. The smallest absolute Gasteiger partial charge is 0.185 e. The topological polar surface area (TPSA) is 37.4 Å². The van der Waals surface area contributed by atoms with Crippen molar-refractivity contribution >= 4 is 16.5 Å². The van der Waals surface area contributed by atoms with Gasteiger partial charge in [-0.05, 0) is 25.8 Å². The normalized spacial score (nSPS) is 20.4. The van der Waals surface area contributed by atoms with Gasteiger partial charge in [-0.1, -0.05) is 20.8 Å². The fraction of sp³-hybridized carbons (Fsp3) is 0.800. The van der Waals surface area contributed by atoms with Gasteiger partial charge >= 0.3 is 0 Å². The van der Waals surface area contributed by atoms with Crippen LogP contribution in [0.15, 0.2) is 0 Å². The molecule has 0 saturated carbocycles. The van der Waals surface area contributed by atoms with Gasteiger partial charge in [0.1, 0.15) is 0 Å². The molecule has 20 heavy (non-hydrogen) atoms. The lowest BCUT2D eigenvalue weighted by Gasteiger charge is -2.21. The molecule has 0 amide bonds. The summed E-state index contributed by atoms with van der Waals surface area (Å²) in [6.45, 7) is 13.5. The second kappa shape index (κ2) is 7.38. The molecule has 2 rings (SSSR count). The van der Waals surface area contributed by atoms with Crippen molar-refractivity contribution in [2.45, 2.75) is 52.7 Å². The quantitative estimate of drug-likeness (QED) is 0.906. The second-order valence-corrected chi connectivity index (χ2v) is 6.78. The van der Waals surface area contributed by atoms with Crippen molar-refractivity contribution in [3.63, 3.8) is 0 Å². The van der Waals surface area contributed by atoms with Crippen LogP contribution in [-0.2, 0) is 11.3 Å². The van der Waals surface area contributed by atoms with E-state index in [2.05, 4.69) is 37.9 Å². The number of ether oxygens (including phenoxy) is 1. The van der Waals surface area contributed by atoms with Crippen molar-refractivity contribution in [3.8, 4) is 0 Å². The van der Waals surface area contributed by atoms with Gasteiger partial charge in [-0.25, -0.2) is 4.98 Å². The molecule has 5 heteroatoms. The van der Waals surface area contributed by atoms with E-state index in [0.29, 0.717) is 12.0 Å². The van der Waals surface area contributed by atoms with Crippen molar-refractivity contribution in [2.75, 3.05) is 31.1 Å². The van der Waals surface area contributed by atoms with Gasteiger partial charge in [0.05, 0.1) is 11.8 Å². The van der Waals surface area contributed by atoms with Crippen molar-refractivity contribution in [2.24, 2.45) is 0 Å². The molecule has 0 aromatic carbocycles. The standard InChI is InChI=1S/C15H27N3OS/c1-5-16-9-13-14(11(2)3)17-15(20-13)18-7-6-8-19-12(4)10-18/h11-12,16H,5-10H2,1-4H3. The van der Waals surface area contributed by atoms with E-state index in [4.69, 9.17) is 9.72 Å². The van der Waals surface area contributed by atoms with Gasteiger partial charge in [0, 0.05) is 31.1 Å². The van der Waals surface area contributed by atoms with E-state index in [-0.39, 0.29) is 0 Å². The summed E-state index contributed by atoms with van der Waals surface area (Å²) in [6.07, 6.45) is 1.38. The first-order valence-corrected chi connectivity index (χ1v) is 8.50. The zero-order valence-corrected chi connectivity index (χ0v) is 13.9. The van der Waals surface area contributed by atoms with Gasteiger partial charge in [-0.2, -0.15) is 0 Å². The Kier molecular flexibility index (Phi) is 5.81. The molecule has 0 spiro atoms. The number of hydrogen-bond acceptors (Lipinski definition) is 5. The lowest BCUT2D eigenvalue weighted by atomic mass is 10.1. The van der Waals surface area contributed by atoms with E-state index in [9.17, 15) is 0 Å². The van der Waals surface area contributed by atoms with E-state index >= 15 is 0 Å². The van der Waals surface area contributed by atoms with Crippen molar-refractivity contribution in [1.82, 2.24) is 10.3 Å². The van der Waals surface area contributed by atoms with E-state index in [1.807, 2.05) is 11.3 Å².